The summed E-state index contributed by atoms with van der Waals surface area (Å²) < 4.78 is 1.95. The Bertz CT molecular complexity index is 1930. The highest BCUT2D eigenvalue weighted by molar-refractivity contribution is 6.20. The Labute approximate surface area is 237 Å². The van der Waals surface area contributed by atoms with E-state index in [-0.39, 0.29) is 11.7 Å². The first-order chi connectivity index (χ1) is 19.8. The van der Waals surface area contributed by atoms with Crippen LogP contribution in [0.25, 0.3) is 17.8 Å². The molecule has 2 atom stereocenters. The molecule has 1 aliphatic carbocycles. The third-order valence-electron chi connectivity index (χ3n) is 8.70. The van der Waals surface area contributed by atoms with Crippen LogP contribution < -0.4 is 16.0 Å². The maximum Gasteiger partial charge on any atom is 0.173 e. The first kappa shape index (κ1) is 24.0. The minimum Gasteiger partial charge on any atom is -0.372 e. The smallest absolute Gasteiger partial charge is 0.173 e. The van der Waals surface area contributed by atoms with Gasteiger partial charge in [-0.3, -0.25) is 14.8 Å². The van der Waals surface area contributed by atoms with Crippen LogP contribution in [-0.2, 0) is 10.3 Å². The molecule has 8 rings (SSSR count). The number of imidazole rings is 1. The van der Waals surface area contributed by atoms with Crippen molar-refractivity contribution < 1.29 is 4.79 Å². The zero-order valence-electron chi connectivity index (χ0n) is 22.9. The number of allylic oxidation sites excluding steroid dienone is 4. The van der Waals surface area contributed by atoms with Gasteiger partial charge in [0, 0.05) is 28.8 Å². The number of fused-ring (bicyclic) bond motifs is 6. The molecule has 5 aliphatic rings. The molecule has 8 bridgehead atoms. The number of aromatic nitrogens is 4. The third kappa shape index (κ3) is 3.78. The number of pyridine rings is 1. The normalized spacial score (nSPS) is 27.4. The van der Waals surface area contributed by atoms with Crippen LogP contribution in [0, 0.1) is 11.3 Å². The molecule has 8 heteroatoms. The Balaban J connectivity index is 1.36. The third-order valence-corrected chi connectivity index (χ3v) is 8.70. The van der Waals surface area contributed by atoms with Gasteiger partial charge in [0.15, 0.2) is 5.78 Å². The molecule has 3 aromatic rings. The van der Waals surface area contributed by atoms with Crippen LogP contribution >= 0.6 is 0 Å². The van der Waals surface area contributed by atoms with Crippen LogP contribution in [0.4, 0.5) is 0 Å². The molecular formula is C33H29N7O. The molecule has 1 saturated heterocycles. The van der Waals surface area contributed by atoms with Crippen molar-refractivity contribution in [3.8, 4) is 5.69 Å². The molecule has 0 spiro atoms. The van der Waals surface area contributed by atoms with E-state index in [2.05, 4.69) is 33.5 Å². The average molecular weight is 540 g/mol. The highest BCUT2D eigenvalue weighted by Gasteiger charge is 2.60. The van der Waals surface area contributed by atoms with Gasteiger partial charge in [0.05, 0.1) is 46.4 Å². The van der Waals surface area contributed by atoms with E-state index >= 15 is 0 Å². The van der Waals surface area contributed by atoms with Crippen molar-refractivity contribution in [2.75, 3.05) is 0 Å². The number of hydrogen-bond donors (Lipinski definition) is 2. The number of carbonyl (C=O) groups excluding carboxylic acids is 1. The second-order valence-corrected chi connectivity index (χ2v) is 12.0. The summed E-state index contributed by atoms with van der Waals surface area (Å²) in [5.41, 5.74) is 2.52. The molecule has 2 unspecified atom stereocenters. The number of hydrogen-bond acceptors (Lipinski definition) is 6. The van der Waals surface area contributed by atoms with Crippen LogP contribution in [0.2, 0.25) is 0 Å². The first-order valence-electron chi connectivity index (χ1n) is 14.0. The lowest BCUT2D eigenvalue weighted by Gasteiger charge is -2.26. The summed E-state index contributed by atoms with van der Waals surface area (Å²) in [6.45, 7) is 4.02. The van der Waals surface area contributed by atoms with E-state index < -0.39 is 16.5 Å². The van der Waals surface area contributed by atoms with Crippen LogP contribution in [0.1, 0.15) is 32.4 Å². The van der Waals surface area contributed by atoms with Crippen molar-refractivity contribution >= 4 is 29.4 Å². The molecule has 2 fully saturated rings. The molecule has 4 aliphatic heterocycles. The van der Waals surface area contributed by atoms with E-state index in [0.717, 1.165) is 57.7 Å². The average Bonchev–Trinajstić information content (AvgIpc) is 3.33. The lowest BCUT2D eigenvalue weighted by Crippen LogP contribution is -2.47. The molecular weight excluding hydrogens is 510 g/mol. The zero-order valence-corrected chi connectivity index (χ0v) is 22.9. The summed E-state index contributed by atoms with van der Waals surface area (Å²) in [5.74, 6) is 0.389. The number of aliphatic imine (C=N–C) groups is 2. The van der Waals surface area contributed by atoms with Gasteiger partial charge in [-0.2, -0.15) is 0 Å². The van der Waals surface area contributed by atoms with Crippen molar-refractivity contribution in [2.24, 2.45) is 21.3 Å². The number of nitrogens with zero attached hydrogens (tertiary/aromatic N) is 5. The Morgan fingerprint density at radius 2 is 1.83 bits per heavy atom. The second kappa shape index (κ2) is 8.33. The molecule has 1 saturated carbocycles. The largest absolute Gasteiger partial charge is 0.372 e. The number of carbonyl (C=O) groups is 1. The zero-order chi connectivity index (χ0) is 27.8. The highest BCUT2D eigenvalue weighted by Crippen LogP contribution is 2.52. The van der Waals surface area contributed by atoms with E-state index in [4.69, 9.17) is 15.0 Å². The maximum absolute atomic E-state index is 14.3. The van der Waals surface area contributed by atoms with Crippen molar-refractivity contribution in [1.29, 1.82) is 0 Å². The Hall–Kier alpha value is -4.85. The van der Waals surface area contributed by atoms with E-state index in [1.165, 1.54) is 0 Å². The summed E-state index contributed by atoms with van der Waals surface area (Å²) in [6.07, 6.45) is 25.6. The van der Waals surface area contributed by atoms with Crippen LogP contribution in [0.5, 0.6) is 0 Å². The lowest BCUT2D eigenvalue weighted by molar-refractivity contribution is -0.127. The monoisotopic (exact) mass is 539 g/mol. The van der Waals surface area contributed by atoms with Crippen molar-refractivity contribution in [2.45, 2.75) is 37.8 Å². The summed E-state index contributed by atoms with van der Waals surface area (Å²) in [5, 5.41) is 5.64. The fourth-order valence-electron chi connectivity index (χ4n) is 6.32. The van der Waals surface area contributed by atoms with Gasteiger partial charge in [-0.25, -0.2) is 9.98 Å². The predicted octanol–water partition coefficient (Wildman–Crippen LogP) is 3.20. The first-order valence-corrected chi connectivity index (χ1v) is 14.0. The second-order valence-electron chi connectivity index (χ2n) is 12.0. The summed E-state index contributed by atoms with van der Waals surface area (Å²) in [4.78, 5) is 37.0. The molecule has 3 aromatic heterocycles. The van der Waals surface area contributed by atoms with Gasteiger partial charge in [-0.05, 0) is 105 Å². The number of Topliss-reactive ketones (excluding diaryl/α,β-unsaturated/α-hetero) is 1. The van der Waals surface area contributed by atoms with Gasteiger partial charge < -0.3 is 14.9 Å². The quantitative estimate of drug-likeness (QED) is 0.534. The van der Waals surface area contributed by atoms with Gasteiger partial charge in [0.25, 0.3) is 0 Å². The maximum atomic E-state index is 14.3. The summed E-state index contributed by atoms with van der Waals surface area (Å²) in [7, 11) is 0. The highest BCUT2D eigenvalue weighted by atomic mass is 16.1. The van der Waals surface area contributed by atoms with Gasteiger partial charge in [0.1, 0.15) is 11.1 Å². The van der Waals surface area contributed by atoms with E-state index in [1.807, 2.05) is 79.3 Å². The fourth-order valence-corrected chi connectivity index (χ4v) is 6.32. The van der Waals surface area contributed by atoms with Crippen molar-refractivity contribution in [1.82, 2.24) is 24.8 Å². The molecule has 8 nitrogen and oxygen atoms in total. The number of aromatic amines is 1. The molecule has 202 valence electrons. The van der Waals surface area contributed by atoms with Gasteiger partial charge >= 0.3 is 0 Å². The molecule has 0 amide bonds. The molecule has 0 radical (unpaired) electrons. The van der Waals surface area contributed by atoms with E-state index in [0.29, 0.717) is 0 Å². The Kier molecular flexibility index (Phi) is 4.87. The van der Waals surface area contributed by atoms with Crippen molar-refractivity contribution in [3.05, 3.63) is 113 Å². The van der Waals surface area contributed by atoms with E-state index in [1.54, 1.807) is 18.7 Å². The number of H-pyrrole nitrogens is 1. The lowest BCUT2D eigenvalue weighted by atomic mass is 9.77. The fraction of sp³-hybridized carbons (Fsp3) is 0.242. The van der Waals surface area contributed by atoms with Crippen molar-refractivity contribution in [3.63, 3.8) is 0 Å². The van der Waals surface area contributed by atoms with Gasteiger partial charge in [0.2, 0.25) is 0 Å². The molecule has 0 aromatic carbocycles. The van der Waals surface area contributed by atoms with E-state index in [9.17, 15) is 4.79 Å². The standard InChI is InChI=1S/C33H29N7O/c1-31(2)28-17-32(29-19-40(20-35-29)27-4-3-13-34-18-27)12-11-25(38-32)15-24-8-7-22(36-24)14-23-9-10-26(37-23)16-33(39-28,30(31)41)21-5-6-21/h3-4,7-21,36,39H,5-6H2,1-2H3. The molecule has 2 N–H and O–H groups in total. The molecule has 41 heavy (non-hydrogen) atoms. The minimum atomic E-state index is -0.900. The number of rotatable bonds is 3. The van der Waals surface area contributed by atoms with Crippen LogP contribution in [0.3, 0.4) is 0 Å². The van der Waals surface area contributed by atoms with Crippen LogP contribution in [0.15, 0.2) is 107 Å². The Morgan fingerprint density at radius 1 is 1.00 bits per heavy atom. The van der Waals surface area contributed by atoms with Gasteiger partial charge in [-0.1, -0.05) is 0 Å². The SMILES string of the molecule is CC1(C)C(=O)C2(C3CC3)C=C3C=CC(=N3)C=c3ccc([nH]3)=CC3=NC(c4cn(-c5cccnc5)cn4)(C=C3)C=C1N2. The number of nitrogens with one attached hydrogen (secondary N) is 2. The summed E-state index contributed by atoms with van der Waals surface area (Å²) in [6, 6.07) is 7.97. The van der Waals surface area contributed by atoms with Crippen LogP contribution in [-0.4, -0.2) is 42.3 Å². The summed E-state index contributed by atoms with van der Waals surface area (Å²) >= 11 is 0. The van der Waals surface area contributed by atoms with Gasteiger partial charge in [-0.15, -0.1) is 0 Å². The number of ketones is 1. The molecule has 7 heterocycles. The Morgan fingerprint density at radius 3 is 2.61 bits per heavy atom. The topological polar surface area (TPSA) is 100 Å². The minimum absolute atomic E-state index is 0.166. The predicted molar refractivity (Wildman–Crippen MR) is 159 cm³/mol.